The van der Waals surface area contributed by atoms with E-state index in [2.05, 4.69) is 12.2 Å². The van der Waals surface area contributed by atoms with Crippen LogP contribution in [0.3, 0.4) is 0 Å². The molecule has 19 heavy (non-hydrogen) atoms. The minimum absolute atomic E-state index is 0.0439. The third kappa shape index (κ3) is 2.89. The van der Waals surface area contributed by atoms with Gasteiger partial charge in [-0.05, 0) is 37.0 Å². The number of ether oxygens (including phenoxy) is 1. The average molecular weight is 262 g/mol. The highest BCUT2D eigenvalue weighted by Crippen LogP contribution is 2.45. The van der Waals surface area contributed by atoms with E-state index in [9.17, 15) is 4.79 Å². The third-order valence-corrected chi connectivity index (χ3v) is 3.96. The highest BCUT2D eigenvalue weighted by molar-refractivity contribution is 5.85. The van der Waals surface area contributed by atoms with Gasteiger partial charge in [0.05, 0.1) is 18.6 Å². The Kier molecular flexibility index (Phi) is 4.10. The molecule has 0 aromatic heterocycles. The third-order valence-electron chi connectivity index (χ3n) is 3.96. The topological polar surface area (TPSA) is 64.4 Å². The van der Waals surface area contributed by atoms with Gasteiger partial charge in [0.2, 0.25) is 5.91 Å². The molecule has 1 fully saturated rings. The van der Waals surface area contributed by atoms with Crippen LogP contribution in [0, 0.1) is 5.41 Å². The fourth-order valence-corrected chi connectivity index (χ4v) is 2.24. The molecule has 1 aromatic rings. The normalized spacial score (nSPS) is 17.6. The average Bonchev–Trinajstić information content (AvgIpc) is 3.26. The van der Waals surface area contributed by atoms with Crippen LogP contribution in [0.4, 0.5) is 0 Å². The van der Waals surface area contributed by atoms with E-state index in [0.717, 1.165) is 30.6 Å². The van der Waals surface area contributed by atoms with Gasteiger partial charge in [-0.3, -0.25) is 4.79 Å². The highest BCUT2D eigenvalue weighted by Gasteiger charge is 2.48. The second-order valence-corrected chi connectivity index (χ2v) is 5.19. The van der Waals surface area contributed by atoms with Crippen LogP contribution in [0.1, 0.15) is 37.8 Å². The van der Waals surface area contributed by atoms with Gasteiger partial charge in [-0.25, -0.2) is 0 Å². The van der Waals surface area contributed by atoms with Crippen LogP contribution in [0.5, 0.6) is 5.75 Å². The van der Waals surface area contributed by atoms with Crippen LogP contribution >= 0.6 is 0 Å². The zero-order chi connectivity index (χ0) is 13.9. The first kappa shape index (κ1) is 13.9. The Labute approximate surface area is 114 Å². The number of amides is 1. The Morgan fingerprint density at radius 2 is 2.05 bits per heavy atom. The van der Waals surface area contributed by atoms with E-state index in [1.165, 1.54) is 0 Å². The zero-order valence-corrected chi connectivity index (χ0v) is 11.6. The maximum Gasteiger partial charge on any atom is 0.227 e. The molecule has 1 aromatic carbocycles. The van der Waals surface area contributed by atoms with Gasteiger partial charge in [-0.2, -0.15) is 0 Å². The van der Waals surface area contributed by atoms with Crippen molar-refractivity contribution >= 4 is 5.91 Å². The fourth-order valence-electron chi connectivity index (χ4n) is 2.24. The quantitative estimate of drug-likeness (QED) is 0.824. The van der Waals surface area contributed by atoms with E-state index in [1.54, 1.807) is 7.11 Å². The van der Waals surface area contributed by atoms with Crippen molar-refractivity contribution in [3.8, 4) is 5.75 Å². The van der Waals surface area contributed by atoms with Crippen LogP contribution in [0.15, 0.2) is 24.3 Å². The lowest BCUT2D eigenvalue weighted by atomic mass is 10.0. The molecule has 1 amide bonds. The van der Waals surface area contributed by atoms with E-state index in [1.807, 2.05) is 24.3 Å². The predicted molar refractivity (Wildman–Crippen MR) is 74.9 cm³/mol. The van der Waals surface area contributed by atoms with E-state index < -0.39 is 0 Å². The van der Waals surface area contributed by atoms with Crippen molar-refractivity contribution in [3.63, 3.8) is 0 Å². The van der Waals surface area contributed by atoms with Crippen molar-refractivity contribution in [1.29, 1.82) is 0 Å². The van der Waals surface area contributed by atoms with Crippen LogP contribution in [-0.2, 0) is 4.79 Å². The summed E-state index contributed by atoms with van der Waals surface area (Å²) in [6.45, 7) is 2.51. The van der Waals surface area contributed by atoms with Crippen molar-refractivity contribution in [2.75, 3.05) is 13.7 Å². The lowest BCUT2D eigenvalue weighted by Gasteiger charge is -2.21. The van der Waals surface area contributed by atoms with Crippen molar-refractivity contribution < 1.29 is 9.53 Å². The van der Waals surface area contributed by atoms with E-state index in [0.29, 0.717) is 6.54 Å². The Morgan fingerprint density at radius 1 is 1.42 bits per heavy atom. The molecule has 1 aliphatic rings. The minimum atomic E-state index is -0.292. The number of methoxy groups -OCH3 is 1. The number of nitrogens with two attached hydrogens (primary N) is 1. The molecule has 1 unspecified atom stereocenters. The van der Waals surface area contributed by atoms with Crippen LogP contribution in [-0.4, -0.2) is 19.6 Å². The van der Waals surface area contributed by atoms with E-state index in [4.69, 9.17) is 10.5 Å². The summed E-state index contributed by atoms with van der Waals surface area (Å²) in [4.78, 5) is 12.2. The van der Waals surface area contributed by atoms with Crippen molar-refractivity contribution in [3.05, 3.63) is 29.8 Å². The number of rotatable bonds is 6. The van der Waals surface area contributed by atoms with E-state index >= 15 is 0 Å². The summed E-state index contributed by atoms with van der Waals surface area (Å²) in [5.41, 5.74) is 6.50. The molecule has 0 heterocycles. The van der Waals surface area contributed by atoms with Gasteiger partial charge in [0.1, 0.15) is 5.75 Å². The Morgan fingerprint density at radius 3 is 2.47 bits per heavy atom. The molecule has 3 N–H and O–H groups in total. The van der Waals surface area contributed by atoms with E-state index in [-0.39, 0.29) is 17.4 Å². The molecule has 0 aliphatic heterocycles. The molecule has 4 nitrogen and oxygen atoms in total. The maximum atomic E-state index is 12.2. The van der Waals surface area contributed by atoms with Crippen molar-refractivity contribution in [1.82, 2.24) is 5.32 Å². The molecule has 0 spiro atoms. The van der Waals surface area contributed by atoms with Gasteiger partial charge in [0.15, 0.2) is 0 Å². The highest BCUT2D eigenvalue weighted by atomic mass is 16.5. The lowest BCUT2D eigenvalue weighted by Crippen LogP contribution is -2.38. The zero-order valence-electron chi connectivity index (χ0n) is 11.6. The second-order valence-electron chi connectivity index (χ2n) is 5.19. The molecule has 104 valence electrons. The molecule has 2 rings (SSSR count). The van der Waals surface area contributed by atoms with Crippen molar-refractivity contribution in [2.45, 2.75) is 32.2 Å². The molecule has 0 radical (unpaired) electrons. The Bertz CT molecular complexity index is 438. The first-order valence-corrected chi connectivity index (χ1v) is 6.80. The van der Waals surface area contributed by atoms with Gasteiger partial charge in [0, 0.05) is 6.54 Å². The first-order valence-electron chi connectivity index (χ1n) is 6.80. The van der Waals surface area contributed by atoms with Gasteiger partial charge in [-0.1, -0.05) is 19.1 Å². The summed E-state index contributed by atoms with van der Waals surface area (Å²) in [7, 11) is 1.65. The predicted octanol–water partition coefficient (Wildman–Crippen LogP) is 2.00. The first-order chi connectivity index (χ1) is 9.15. The van der Waals surface area contributed by atoms with Gasteiger partial charge < -0.3 is 15.8 Å². The van der Waals surface area contributed by atoms with Crippen LogP contribution in [0.25, 0.3) is 0 Å². The molecule has 1 saturated carbocycles. The summed E-state index contributed by atoms with van der Waals surface area (Å²) >= 11 is 0. The number of hydrogen-bond acceptors (Lipinski definition) is 3. The minimum Gasteiger partial charge on any atom is -0.497 e. The maximum absolute atomic E-state index is 12.2. The van der Waals surface area contributed by atoms with Gasteiger partial charge in [0.25, 0.3) is 0 Å². The summed E-state index contributed by atoms with van der Waals surface area (Å²) < 4.78 is 5.14. The number of benzene rings is 1. The van der Waals surface area contributed by atoms with Gasteiger partial charge in [-0.15, -0.1) is 0 Å². The largest absolute Gasteiger partial charge is 0.497 e. The SMILES string of the molecule is CCC(NC(=O)C1(CN)CC1)c1ccc(OC)cc1. The molecule has 0 bridgehead atoms. The molecule has 0 saturated heterocycles. The number of carbonyl (C=O) groups is 1. The van der Waals surface area contributed by atoms with Crippen molar-refractivity contribution in [2.24, 2.45) is 11.1 Å². The Balaban J connectivity index is 2.05. The smallest absolute Gasteiger partial charge is 0.227 e. The molecular formula is C15H22N2O2. The summed E-state index contributed by atoms with van der Waals surface area (Å²) in [5.74, 6) is 0.920. The standard InChI is InChI=1S/C15H22N2O2/c1-3-13(11-4-6-12(19-2)7-5-11)17-14(18)15(10-16)8-9-15/h4-7,13H,3,8-10,16H2,1-2H3,(H,17,18). The number of carbonyl (C=O) groups excluding carboxylic acids is 1. The summed E-state index contributed by atoms with van der Waals surface area (Å²) in [6, 6.07) is 7.87. The molecular weight excluding hydrogens is 240 g/mol. The fraction of sp³-hybridized carbons (Fsp3) is 0.533. The number of nitrogens with one attached hydrogen (secondary N) is 1. The summed E-state index contributed by atoms with van der Waals surface area (Å²) in [6.07, 6.45) is 2.68. The molecule has 1 atom stereocenters. The monoisotopic (exact) mass is 262 g/mol. The Hall–Kier alpha value is -1.55. The van der Waals surface area contributed by atoms with Gasteiger partial charge >= 0.3 is 0 Å². The van der Waals surface area contributed by atoms with Crippen LogP contribution in [0.2, 0.25) is 0 Å². The van der Waals surface area contributed by atoms with Crippen LogP contribution < -0.4 is 15.8 Å². The summed E-state index contributed by atoms with van der Waals surface area (Å²) in [5, 5.41) is 3.11. The second kappa shape index (κ2) is 5.61. The molecule has 1 aliphatic carbocycles. The molecule has 4 heteroatoms. The number of hydrogen-bond donors (Lipinski definition) is 2. The lowest BCUT2D eigenvalue weighted by molar-refractivity contribution is -0.126.